The maximum atomic E-state index is 13.0. The largest absolute Gasteiger partial charge is 0.417 e. The van der Waals surface area contributed by atoms with Gasteiger partial charge in [0.1, 0.15) is 5.82 Å². The van der Waals surface area contributed by atoms with Crippen molar-refractivity contribution in [2.24, 2.45) is 7.05 Å². The predicted molar refractivity (Wildman–Crippen MR) is 83.3 cm³/mol. The van der Waals surface area contributed by atoms with Crippen molar-refractivity contribution in [1.29, 1.82) is 0 Å². The summed E-state index contributed by atoms with van der Waals surface area (Å²) in [7, 11) is 1.79. The van der Waals surface area contributed by atoms with Gasteiger partial charge in [-0.2, -0.15) is 13.2 Å². The first-order valence-corrected chi connectivity index (χ1v) is 7.22. The van der Waals surface area contributed by atoms with Gasteiger partial charge in [-0.3, -0.25) is 4.79 Å². The summed E-state index contributed by atoms with van der Waals surface area (Å²) < 4.78 is 40.7. The molecule has 0 saturated heterocycles. The van der Waals surface area contributed by atoms with E-state index >= 15 is 0 Å². The zero-order chi connectivity index (χ0) is 17.3. The Kier molecular flexibility index (Phi) is 4.01. The number of rotatable bonds is 3. The molecule has 2 aromatic carbocycles. The lowest BCUT2D eigenvalue weighted by atomic mass is 10.1. The van der Waals surface area contributed by atoms with Crippen LogP contribution in [0.15, 0.2) is 48.5 Å². The van der Waals surface area contributed by atoms with Gasteiger partial charge in [-0.25, -0.2) is 4.98 Å². The SMILES string of the molecule is Cn1c(CNC(=O)c2ccccc2C(F)(F)F)nc2ccccc21. The van der Waals surface area contributed by atoms with Crippen LogP contribution < -0.4 is 5.32 Å². The zero-order valence-electron chi connectivity index (χ0n) is 12.8. The van der Waals surface area contributed by atoms with E-state index in [9.17, 15) is 18.0 Å². The van der Waals surface area contributed by atoms with Crippen molar-refractivity contribution in [3.63, 3.8) is 0 Å². The van der Waals surface area contributed by atoms with E-state index in [1.165, 1.54) is 12.1 Å². The van der Waals surface area contributed by atoms with E-state index < -0.39 is 23.2 Å². The number of benzene rings is 2. The first-order chi connectivity index (χ1) is 11.4. The third-order valence-corrected chi connectivity index (χ3v) is 3.76. The van der Waals surface area contributed by atoms with Gasteiger partial charge in [-0.05, 0) is 24.3 Å². The smallest absolute Gasteiger partial charge is 0.345 e. The summed E-state index contributed by atoms with van der Waals surface area (Å²) in [6.07, 6.45) is -4.58. The number of alkyl halides is 3. The number of imidazole rings is 1. The van der Waals surface area contributed by atoms with Crippen molar-refractivity contribution in [2.75, 3.05) is 0 Å². The molecule has 0 bridgehead atoms. The Bertz CT molecular complexity index is 899. The number of aryl methyl sites for hydroxylation is 1. The van der Waals surface area contributed by atoms with Crippen LogP contribution in [0.2, 0.25) is 0 Å². The highest BCUT2D eigenvalue weighted by Gasteiger charge is 2.34. The van der Waals surface area contributed by atoms with Gasteiger partial charge in [0.15, 0.2) is 0 Å². The van der Waals surface area contributed by atoms with E-state index in [1.807, 2.05) is 24.3 Å². The molecule has 7 heteroatoms. The number of para-hydroxylation sites is 2. The van der Waals surface area contributed by atoms with Gasteiger partial charge in [-0.15, -0.1) is 0 Å². The maximum Gasteiger partial charge on any atom is 0.417 e. The summed E-state index contributed by atoms with van der Waals surface area (Å²) in [5.41, 5.74) is 0.300. The van der Waals surface area contributed by atoms with Crippen molar-refractivity contribution >= 4 is 16.9 Å². The second-order valence-corrected chi connectivity index (χ2v) is 5.30. The lowest BCUT2D eigenvalue weighted by Gasteiger charge is -2.12. The number of hydrogen-bond donors (Lipinski definition) is 1. The van der Waals surface area contributed by atoms with E-state index in [2.05, 4.69) is 10.3 Å². The molecule has 1 amide bonds. The molecule has 0 aliphatic carbocycles. The third-order valence-electron chi connectivity index (χ3n) is 3.76. The molecule has 1 heterocycles. The van der Waals surface area contributed by atoms with Gasteiger partial charge in [-0.1, -0.05) is 24.3 Å². The summed E-state index contributed by atoms with van der Waals surface area (Å²) >= 11 is 0. The molecule has 24 heavy (non-hydrogen) atoms. The summed E-state index contributed by atoms with van der Waals surface area (Å²) in [5, 5.41) is 2.51. The second-order valence-electron chi connectivity index (χ2n) is 5.30. The Morgan fingerprint density at radius 3 is 2.50 bits per heavy atom. The average molecular weight is 333 g/mol. The maximum absolute atomic E-state index is 13.0. The topological polar surface area (TPSA) is 46.9 Å². The lowest BCUT2D eigenvalue weighted by Crippen LogP contribution is -2.27. The van der Waals surface area contributed by atoms with Gasteiger partial charge in [0.05, 0.1) is 28.7 Å². The summed E-state index contributed by atoms with van der Waals surface area (Å²) in [6, 6.07) is 12.1. The fourth-order valence-corrected chi connectivity index (χ4v) is 2.54. The molecule has 3 rings (SSSR count). The fraction of sp³-hybridized carbons (Fsp3) is 0.176. The number of amides is 1. The molecule has 0 saturated carbocycles. The molecule has 0 unspecified atom stereocenters. The second kappa shape index (κ2) is 5.99. The van der Waals surface area contributed by atoms with Crippen LogP contribution in [0.4, 0.5) is 13.2 Å². The Balaban J connectivity index is 1.82. The normalized spacial score (nSPS) is 11.7. The highest BCUT2D eigenvalue weighted by molar-refractivity contribution is 5.95. The molecule has 4 nitrogen and oxygen atoms in total. The number of hydrogen-bond acceptors (Lipinski definition) is 2. The highest BCUT2D eigenvalue weighted by Crippen LogP contribution is 2.31. The van der Waals surface area contributed by atoms with Crippen molar-refractivity contribution < 1.29 is 18.0 Å². The number of nitrogens with zero attached hydrogens (tertiary/aromatic N) is 2. The van der Waals surface area contributed by atoms with Crippen LogP contribution in [-0.4, -0.2) is 15.5 Å². The van der Waals surface area contributed by atoms with E-state index in [0.717, 1.165) is 23.2 Å². The van der Waals surface area contributed by atoms with Crippen LogP contribution in [0, 0.1) is 0 Å². The van der Waals surface area contributed by atoms with Crippen molar-refractivity contribution in [2.45, 2.75) is 12.7 Å². The molecule has 1 N–H and O–H groups in total. The number of carbonyl (C=O) groups excluding carboxylic acids is 1. The van der Waals surface area contributed by atoms with Crippen LogP contribution in [0.3, 0.4) is 0 Å². The van der Waals surface area contributed by atoms with Crippen LogP contribution in [0.1, 0.15) is 21.7 Å². The first-order valence-electron chi connectivity index (χ1n) is 7.22. The number of halogens is 3. The van der Waals surface area contributed by atoms with E-state index in [0.29, 0.717) is 5.82 Å². The summed E-state index contributed by atoms with van der Waals surface area (Å²) in [5.74, 6) is -0.218. The van der Waals surface area contributed by atoms with Crippen LogP contribution >= 0.6 is 0 Å². The Morgan fingerprint density at radius 1 is 1.12 bits per heavy atom. The minimum atomic E-state index is -4.58. The number of nitrogens with one attached hydrogen (secondary N) is 1. The minimum absolute atomic E-state index is 0.0379. The standard InChI is InChI=1S/C17H14F3N3O/c1-23-14-9-5-4-8-13(14)22-15(23)10-21-16(24)11-6-2-3-7-12(11)17(18,19)20/h2-9H,10H2,1H3,(H,21,24). The lowest BCUT2D eigenvalue weighted by molar-refractivity contribution is -0.137. The van der Waals surface area contributed by atoms with Crippen LogP contribution in [0.5, 0.6) is 0 Å². The van der Waals surface area contributed by atoms with E-state index in [4.69, 9.17) is 0 Å². The highest BCUT2D eigenvalue weighted by atomic mass is 19.4. The summed E-state index contributed by atoms with van der Waals surface area (Å²) in [6.45, 7) is 0.0379. The van der Waals surface area contributed by atoms with Crippen molar-refractivity contribution in [3.8, 4) is 0 Å². The molecular weight excluding hydrogens is 319 g/mol. The van der Waals surface area contributed by atoms with Crippen LogP contribution in [0.25, 0.3) is 11.0 Å². The molecule has 0 atom stereocenters. The van der Waals surface area contributed by atoms with Crippen LogP contribution in [-0.2, 0) is 19.8 Å². The molecule has 124 valence electrons. The number of fused-ring (bicyclic) bond motifs is 1. The third kappa shape index (κ3) is 2.97. The minimum Gasteiger partial charge on any atom is -0.345 e. The number of carbonyl (C=O) groups is 1. The van der Waals surface area contributed by atoms with E-state index in [-0.39, 0.29) is 6.54 Å². The molecule has 0 aliphatic rings. The van der Waals surface area contributed by atoms with Gasteiger partial charge >= 0.3 is 6.18 Å². The van der Waals surface area contributed by atoms with Crippen molar-refractivity contribution in [1.82, 2.24) is 14.9 Å². The van der Waals surface area contributed by atoms with Gasteiger partial charge < -0.3 is 9.88 Å². The fourth-order valence-electron chi connectivity index (χ4n) is 2.54. The van der Waals surface area contributed by atoms with Gasteiger partial charge in [0.25, 0.3) is 5.91 Å². The monoisotopic (exact) mass is 333 g/mol. The average Bonchev–Trinajstić information content (AvgIpc) is 2.88. The quantitative estimate of drug-likeness (QED) is 0.797. The Morgan fingerprint density at radius 2 is 1.79 bits per heavy atom. The molecule has 0 aliphatic heterocycles. The first kappa shape index (κ1) is 16.0. The molecule has 0 spiro atoms. The van der Waals surface area contributed by atoms with E-state index in [1.54, 1.807) is 11.6 Å². The van der Waals surface area contributed by atoms with Gasteiger partial charge in [0, 0.05) is 7.05 Å². The van der Waals surface area contributed by atoms with Crippen molar-refractivity contribution in [3.05, 3.63) is 65.5 Å². The zero-order valence-corrected chi connectivity index (χ0v) is 12.8. The summed E-state index contributed by atoms with van der Waals surface area (Å²) in [4.78, 5) is 16.5. The Labute approximate surface area is 135 Å². The van der Waals surface area contributed by atoms with Gasteiger partial charge in [0.2, 0.25) is 0 Å². The Hall–Kier alpha value is -2.83. The number of aromatic nitrogens is 2. The molecular formula is C17H14F3N3O. The predicted octanol–water partition coefficient (Wildman–Crippen LogP) is 3.52. The molecule has 0 fully saturated rings. The molecule has 3 aromatic rings. The molecule has 1 aromatic heterocycles. The molecule has 0 radical (unpaired) electrons.